The molecular formula is C6H12N2O2S. The van der Waals surface area contributed by atoms with Crippen molar-refractivity contribution in [2.75, 3.05) is 25.2 Å². The summed E-state index contributed by atoms with van der Waals surface area (Å²) in [4.78, 5) is 15.6. The normalized spacial score (nSPS) is 24.6. The van der Waals surface area contributed by atoms with E-state index in [1.807, 2.05) is 0 Å². The average Bonchev–Trinajstić information content (AvgIpc) is 2.07. The molecule has 0 aromatic heterocycles. The molecule has 2 N–H and O–H groups in total. The highest BCUT2D eigenvalue weighted by Crippen LogP contribution is 2.06. The summed E-state index contributed by atoms with van der Waals surface area (Å²) in [5.41, 5.74) is 2.30. The van der Waals surface area contributed by atoms with Gasteiger partial charge in [0.15, 0.2) is 0 Å². The summed E-state index contributed by atoms with van der Waals surface area (Å²) in [6.45, 7) is 0.895. The van der Waals surface area contributed by atoms with Gasteiger partial charge in [-0.3, -0.25) is 9.63 Å². The molecular weight excluding hydrogens is 164 g/mol. The first-order valence-corrected chi connectivity index (χ1v) is 4.64. The van der Waals surface area contributed by atoms with Gasteiger partial charge in [0.05, 0.1) is 13.2 Å². The van der Waals surface area contributed by atoms with Gasteiger partial charge in [-0.25, -0.2) is 5.48 Å². The third-order valence-electron chi connectivity index (χ3n) is 1.44. The van der Waals surface area contributed by atoms with Crippen LogP contribution in [0.15, 0.2) is 0 Å². The Labute approximate surface area is 70.0 Å². The molecule has 64 valence electrons. The van der Waals surface area contributed by atoms with Crippen molar-refractivity contribution in [1.29, 1.82) is 0 Å². The molecule has 4 nitrogen and oxygen atoms in total. The highest BCUT2D eigenvalue weighted by Gasteiger charge is 2.20. The number of hydrogen-bond acceptors (Lipinski definition) is 4. The minimum atomic E-state index is -0.0892. The first-order chi connectivity index (χ1) is 5.34. The molecule has 1 rings (SSSR count). The Morgan fingerprint density at radius 2 is 2.64 bits per heavy atom. The quantitative estimate of drug-likeness (QED) is 0.550. The lowest BCUT2D eigenvalue weighted by molar-refractivity contribution is -0.132. The zero-order valence-electron chi connectivity index (χ0n) is 6.42. The van der Waals surface area contributed by atoms with Gasteiger partial charge in [-0.1, -0.05) is 0 Å². The summed E-state index contributed by atoms with van der Waals surface area (Å²) in [5.74, 6) is 1.83. The smallest absolute Gasteiger partial charge is 0.261 e. The Hall–Kier alpha value is -0.260. The minimum Gasteiger partial charge on any atom is -0.304 e. The lowest BCUT2D eigenvalue weighted by Crippen LogP contribution is -2.48. The van der Waals surface area contributed by atoms with E-state index in [1.165, 1.54) is 7.11 Å². The van der Waals surface area contributed by atoms with Crippen LogP contribution in [0, 0.1) is 0 Å². The van der Waals surface area contributed by atoms with E-state index in [1.54, 1.807) is 11.8 Å². The molecule has 1 saturated heterocycles. The van der Waals surface area contributed by atoms with Crippen molar-refractivity contribution in [2.45, 2.75) is 6.04 Å². The first-order valence-electron chi connectivity index (χ1n) is 3.48. The van der Waals surface area contributed by atoms with Crippen LogP contribution in [-0.4, -0.2) is 37.1 Å². The molecule has 0 aliphatic carbocycles. The second-order valence-corrected chi connectivity index (χ2v) is 3.40. The molecule has 1 atom stereocenters. The fourth-order valence-corrected chi connectivity index (χ4v) is 1.84. The van der Waals surface area contributed by atoms with E-state index in [9.17, 15) is 4.79 Å². The second-order valence-electron chi connectivity index (χ2n) is 2.25. The molecule has 0 radical (unpaired) electrons. The lowest BCUT2D eigenvalue weighted by Gasteiger charge is -2.21. The number of hydroxylamine groups is 1. The summed E-state index contributed by atoms with van der Waals surface area (Å²) in [6.07, 6.45) is 0. The van der Waals surface area contributed by atoms with Gasteiger partial charge in [0.25, 0.3) is 5.91 Å². The Kier molecular flexibility index (Phi) is 3.68. The molecule has 1 heterocycles. The topological polar surface area (TPSA) is 50.4 Å². The Morgan fingerprint density at radius 1 is 1.82 bits per heavy atom. The molecule has 1 aliphatic heterocycles. The van der Waals surface area contributed by atoms with Crippen molar-refractivity contribution in [3.8, 4) is 0 Å². The molecule has 1 unspecified atom stereocenters. The van der Waals surface area contributed by atoms with E-state index in [-0.39, 0.29) is 11.9 Å². The maximum atomic E-state index is 11.1. The standard InChI is InChI=1S/C6H12N2O2S/c1-10-8-6(9)5-4-11-3-2-7-5/h5,7H,2-4H2,1H3,(H,8,9). The minimum absolute atomic E-state index is 0.0836. The van der Waals surface area contributed by atoms with Gasteiger partial charge in [0.1, 0.15) is 0 Å². The van der Waals surface area contributed by atoms with E-state index in [2.05, 4.69) is 15.6 Å². The van der Waals surface area contributed by atoms with Gasteiger partial charge >= 0.3 is 0 Å². The fraction of sp³-hybridized carbons (Fsp3) is 0.833. The third-order valence-corrected chi connectivity index (χ3v) is 2.50. The summed E-state index contributed by atoms with van der Waals surface area (Å²) in [5, 5.41) is 3.09. The van der Waals surface area contributed by atoms with Crippen molar-refractivity contribution in [3.05, 3.63) is 0 Å². The summed E-state index contributed by atoms with van der Waals surface area (Å²) in [7, 11) is 1.44. The second kappa shape index (κ2) is 4.58. The number of nitrogens with one attached hydrogen (secondary N) is 2. The van der Waals surface area contributed by atoms with E-state index in [4.69, 9.17) is 0 Å². The zero-order chi connectivity index (χ0) is 8.10. The zero-order valence-corrected chi connectivity index (χ0v) is 7.24. The number of rotatable bonds is 2. The number of amides is 1. The first kappa shape index (κ1) is 8.83. The fourth-order valence-electron chi connectivity index (χ4n) is 0.906. The van der Waals surface area contributed by atoms with Crippen LogP contribution in [0.1, 0.15) is 0 Å². The average molecular weight is 176 g/mol. The van der Waals surface area contributed by atoms with Gasteiger partial charge in [-0.15, -0.1) is 0 Å². The monoisotopic (exact) mass is 176 g/mol. The Bertz CT molecular complexity index is 137. The SMILES string of the molecule is CONC(=O)C1CSCCN1. The molecule has 1 amide bonds. The third kappa shape index (κ3) is 2.69. The van der Waals surface area contributed by atoms with Gasteiger partial charge in [0, 0.05) is 18.1 Å². The van der Waals surface area contributed by atoms with E-state index in [0.29, 0.717) is 0 Å². The van der Waals surface area contributed by atoms with Crippen molar-refractivity contribution in [1.82, 2.24) is 10.8 Å². The van der Waals surface area contributed by atoms with Crippen molar-refractivity contribution >= 4 is 17.7 Å². The molecule has 0 aromatic rings. The van der Waals surface area contributed by atoms with E-state index < -0.39 is 0 Å². The molecule has 11 heavy (non-hydrogen) atoms. The predicted octanol–water partition coefficient (Wildman–Crippen LogP) is -0.631. The van der Waals surface area contributed by atoms with Crippen LogP contribution in [0.4, 0.5) is 0 Å². The van der Waals surface area contributed by atoms with Crippen LogP contribution in [0.2, 0.25) is 0 Å². The maximum Gasteiger partial charge on any atom is 0.261 e. The van der Waals surface area contributed by atoms with E-state index >= 15 is 0 Å². The maximum absolute atomic E-state index is 11.1. The molecule has 1 fully saturated rings. The molecule has 0 bridgehead atoms. The number of carbonyl (C=O) groups excluding carboxylic acids is 1. The van der Waals surface area contributed by atoms with Crippen LogP contribution < -0.4 is 10.8 Å². The Balaban J connectivity index is 2.27. The van der Waals surface area contributed by atoms with Gasteiger partial charge in [-0.05, 0) is 0 Å². The van der Waals surface area contributed by atoms with Crippen LogP contribution in [0.3, 0.4) is 0 Å². The summed E-state index contributed by atoms with van der Waals surface area (Å²) < 4.78 is 0. The van der Waals surface area contributed by atoms with Crippen LogP contribution in [-0.2, 0) is 9.63 Å². The van der Waals surface area contributed by atoms with Crippen LogP contribution in [0.5, 0.6) is 0 Å². The van der Waals surface area contributed by atoms with Crippen molar-refractivity contribution in [3.63, 3.8) is 0 Å². The van der Waals surface area contributed by atoms with Crippen LogP contribution >= 0.6 is 11.8 Å². The van der Waals surface area contributed by atoms with E-state index in [0.717, 1.165) is 18.1 Å². The number of thioether (sulfide) groups is 1. The number of carbonyl (C=O) groups is 1. The highest BCUT2D eigenvalue weighted by atomic mass is 32.2. The predicted molar refractivity (Wildman–Crippen MR) is 44.3 cm³/mol. The van der Waals surface area contributed by atoms with Gasteiger partial charge in [0.2, 0.25) is 0 Å². The lowest BCUT2D eigenvalue weighted by atomic mass is 10.3. The van der Waals surface area contributed by atoms with Gasteiger partial charge in [-0.2, -0.15) is 11.8 Å². The molecule has 5 heteroatoms. The molecule has 0 saturated carbocycles. The summed E-state index contributed by atoms with van der Waals surface area (Å²) >= 11 is 1.78. The van der Waals surface area contributed by atoms with Crippen molar-refractivity contribution in [2.24, 2.45) is 0 Å². The van der Waals surface area contributed by atoms with Crippen molar-refractivity contribution < 1.29 is 9.63 Å². The molecule has 0 spiro atoms. The highest BCUT2D eigenvalue weighted by molar-refractivity contribution is 7.99. The van der Waals surface area contributed by atoms with Crippen LogP contribution in [0.25, 0.3) is 0 Å². The van der Waals surface area contributed by atoms with Gasteiger partial charge < -0.3 is 5.32 Å². The number of hydrogen-bond donors (Lipinski definition) is 2. The largest absolute Gasteiger partial charge is 0.304 e. The Morgan fingerprint density at radius 3 is 3.18 bits per heavy atom. The molecule has 1 aliphatic rings. The summed E-state index contributed by atoms with van der Waals surface area (Å²) in [6, 6.07) is -0.0892. The molecule has 0 aromatic carbocycles.